The normalized spacial score (nSPS) is 11.5. The number of methoxy groups -OCH3 is 1. The Balaban J connectivity index is 2.95. The molecule has 0 amide bonds. The van der Waals surface area contributed by atoms with Gasteiger partial charge in [-0.3, -0.25) is 4.79 Å². The van der Waals surface area contributed by atoms with Crippen molar-refractivity contribution in [3.63, 3.8) is 0 Å². The average Bonchev–Trinajstić information content (AvgIpc) is 2.34. The van der Waals surface area contributed by atoms with Crippen LogP contribution in [0.15, 0.2) is 18.3 Å². The fourth-order valence-electron chi connectivity index (χ4n) is 1.73. The average molecular weight is 264 g/mol. The molecule has 0 aromatic carbocycles. The second-order valence-electron chi connectivity index (χ2n) is 5.95. The van der Waals surface area contributed by atoms with Crippen LogP contribution >= 0.6 is 0 Å². The summed E-state index contributed by atoms with van der Waals surface area (Å²) in [6.07, 6.45) is 1.88. The lowest BCUT2D eigenvalue weighted by molar-refractivity contribution is -0.139. The van der Waals surface area contributed by atoms with Crippen LogP contribution in [-0.2, 0) is 14.9 Å². The second-order valence-corrected chi connectivity index (χ2v) is 5.95. The number of aromatic nitrogens is 1. The van der Waals surface area contributed by atoms with Crippen LogP contribution in [0.4, 0.5) is 5.82 Å². The van der Waals surface area contributed by atoms with E-state index >= 15 is 0 Å². The summed E-state index contributed by atoms with van der Waals surface area (Å²) in [7, 11) is 1.40. The molecule has 0 atom stereocenters. The molecule has 0 fully saturated rings. The summed E-state index contributed by atoms with van der Waals surface area (Å²) >= 11 is 0. The molecule has 1 rings (SSSR count). The van der Waals surface area contributed by atoms with Gasteiger partial charge in [0.25, 0.3) is 0 Å². The zero-order valence-electron chi connectivity index (χ0n) is 12.7. The number of carbonyl (C=O) groups is 1. The molecule has 0 radical (unpaired) electrons. The van der Waals surface area contributed by atoms with E-state index in [0.29, 0.717) is 0 Å². The van der Waals surface area contributed by atoms with Crippen LogP contribution in [0.2, 0.25) is 0 Å². The van der Waals surface area contributed by atoms with Crippen LogP contribution < -0.4 is 4.90 Å². The highest BCUT2D eigenvalue weighted by atomic mass is 16.5. The Morgan fingerprint density at radius 3 is 2.37 bits per heavy atom. The lowest BCUT2D eigenvalue weighted by Crippen LogP contribution is -2.36. The third-order valence-electron chi connectivity index (χ3n) is 3.06. The lowest BCUT2D eigenvalue weighted by Gasteiger charge is -2.27. The topological polar surface area (TPSA) is 42.4 Å². The fraction of sp³-hybridized carbons (Fsp3) is 0.600. The van der Waals surface area contributed by atoms with Crippen LogP contribution in [0.25, 0.3) is 0 Å². The first-order valence-electron chi connectivity index (χ1n) is 6.55. The molecule has 0 aliphatic carbocycles. The summed E-state index contributed by atoms with van der Waals surface area (Å²) < 4.78 is 4.72. The molecular weight excluding hydrogens is 240 g/mol. The van der Waals surface area contributed by atoms with E-state index in [4.69, 9.17) is 4.74 Å². The zero-order chi connectivity index (χ0) is 14.6. The number of carbonyl (C=O) groups excluding carboxylic acids is 1. The van der Waals surface area contributed by atoms with E-state index in [9.17, 15) is 4.79 Å². The van der Waals surface area contributed by atoms with E-state index < -0.39 is 0 Å². The molecule has 1 aromatic rings. The van der Waals surface area contributed by atoms with Gasteiger partial charge in [0.1, 0.15) is 12.4 Å². The lowest BCUT2D eigenvalue weighted by atomic mass is 9.88. The largest absolute Gasteiger partial charge is 0.468 e. The van der Waals surface area contributed by atoms with Crippen molar-refractivity contribution in [1.29, 1.82) is 0 Å². The third-order valence-corrected chi connectivity index (χ3v) is 3.06. The fourth-order valence-corrected chi connectivity index (χ4v) is 1.73. The van der Waals surface area contributed by atoms with Crippen molar-refractivity contribution < 1.29 is 9.53 Å². The van der Waals surface area contributed by atoms with Crippen molar-refractivity contribution in [2.75, 3.05) is 18.6 Å². The van der Waals surface area contributed by atoms with E-state index in [1.807, 2.05) is 31.0 Å². The maximum absolute atomic E-state index is 11.4. The van der Waals surface area contributed by atoms with Crippen LogP contribution in [0.5, 0.6) is 0 Å². The van der Waals surface area contributed by atoms with Gasteiger partial charge in [0.15, 0.2) is 0 Å². The smallest absolute Gasteiger partial charge is 0.325 e. The summed E-state index contributed by atoms with van der Waals surface area (Å²) in [5, 5.41) is 0. The van der Waals surface area contributed by atoms with Gasteiger partial charge in [0, 0.05) is 12.2 Å². The van der Waals surface area contributed by atoms with Crippen LogP contribution in [-0.4, -0.2) is 30.6 Å². The van der Waals surface area contributed by atoms with Crippen molar-refractivity contribution in [3.8, 4) is 0 Å². The number of hydrogen-bond acceptors (Lipinski definition) is 4. The predicted octanol–water partition coefficient (Wildman–Crippen LogP) is 2.77. The summed E-state index contributed by atoms with van der Waals surface area (Å²) in [4.78, 5) is 17.8. The Hall–Kier alpha value is -1.58. The van der Waals surface area contributed by atoms with E-state index in [1.54, 1.807) is 0 Å². The first kappa shape index (κ1) is 15.5. The molecule has 106 valence electrons. The minimum Gasteiger partial charge on any atom is -0.468 e. The minimum absolute atomic E-state index is 0.0799. The van der Waals surface area contributed by atoms with Gasteiger partial charge in [-0.15, -0.1) is 0 Å². The highest BCUT2D eigenvalue weighted by Gasteiger charge is 2.18. The van der Waals surface area contributed by atoms with Crippen LogP contribution in [0.3, 0.4) is 0 Å². The maximum Gasteiger partial charge on any atom is 0.325 e. The molecule has 4 heteroatoms. The van der Waals surface area contributed by atoms with Gasteiger partial charge >= 0.3 is 5.97 Å². The molecule has 4 nitrogen and oxygen atoms in total. The third kappa shape index (κ3) is 4.23. The Morgan fingerprint density at radius 1 is 1.37 bits per heavy atom. The molecule has 1 aromatic heterocycles. The number of ether oxygens (including phenoxy) is 1. The highest BCUT2D eigenvalue weighted by molar-refractivity contribution is 5.75. The van der Waals surface area contributed by atoms with E-state index in [2.05, 4.69) is 31.8 Å². The highest BCUT2D eigenvalue weighted by Crippen LogP contribution is 2.23. The van der Waals surface area contributed by atoms with E-state index in [-0.39, 0.29) is 24.0 Å². The van der Waals surface area contributed by atoms with Crippen molar-refractivity contribution >= 4 is 11.8 Å². The molecule has 0 unspecified atom stereocenters. The number of rotatable bonds is 4. The molecule has 0 saturated carbocycles. The summed E-state index contributed by atoms with van der Waals surface area (Å²) in [6, 6.07) is 4.21. The van der Waals surface area contributed by atoms with E-state index in [1.165, 1.54) is 12.7 Å². The van der Waals surface area contributed by atoms with Gasteiger partial charge in [-0.05, 0) is 30.9 Å². The molecule has 0 bridgehead atoms. The molecule has 0 spiro atoms. The second kappa shape index (κ2) is 6.04. The number of pyridine rings is 1. The summed E-state index contributed by atoms with van der Waals surface area (Å²) in [6.45, 7) is 10.7. The monoisotopic (exact) mass is 264 g/mol. The minimum atomic E-state index is -0.254. The van der Waals surface area contributed by atoms with Gasteiger partial charge in [-0.25, -0.2) is 4.98 Å². The Kier molecular flexibility index (Phi) is 4.92. The number of esters is 1. The first-order chi connectivity index (χ1) is 8.75. The quantitative estimate of drug-likeness (QED) is 0.784. The Morgan fingerprint density at radius 2 is 2.00 bits per heavy atom. The molecular formula is C15H24N2O2. The van der Waals surface area contributed by atoms with Crippen LogP contribution in [0, 0.1) is 0 Å². The SMILES string of the molecule is COC(=O)CN(c1ccc(C(C)(C)C)cn1)C(C)C. The summed E-state index contributed by atoms with van der Waals surface area (Å²) in [5.74, 6) is 0.545. The van der Waals surface area contributed by atoms with Crippen LogP contribution in [0.1, 0.15) is 40.2 Å². The Bertz CT molecular complexity index is 419. The number of nitrogens with zero attached hydrogens (tertiary/aromatic N) is 2. The molecule has 0 N–H and O–H groups in total. The van der Waals surface area contributed by atoms with Crippen molar-refractivity contribution in [3.05, 3.63) is 23.9 Å². The van der Waals surface area contributed by atoms with Gasteiger partial charge in [0.05, 0.1) is 7.11 Å². The van der Waals surface area contributed by atoms with E-state index in [0.717, 1.165) is 5.82 Å². The first-order valence-corrected chi connectivity index (χ1v) is 6.55. The predicted molar refractivity (Wildman–Crippen MR) is 77.4 cm³/mol. The van der Waals surface area contributed by atoms with Crippen molar-refractivity contribution in [2.45, 2.75) is 46.1 Å². The molecule has 0 saturated heterocycles. The van der Waals surface area contributed by atoms with Gasteiger partial charge < -0.3 is 9.64 Å². The number of anilines is 1. The van der Waals surface area contributed by atoms with Gasteiger partial charge in [-0.2, -0.15) is 0 Å². The molecule has 0 aliphatic rings. The van der Waals surface area contributed by atoms with Crippen molar-refractivity contribution in [1.82, 2.24) is 4.98 Å². The van der Waals surface area contributed by atoms with Gasteiger partial charge in [-0.1, -0.05) is 26.8 Å². The molecule has 19 heavy (non-hydrogen) atoms. The zero-order valence-corrected chi connectivity index (χ0v) is 12.7. The standard InChI is InChI=1S/C15H24N2O2/c1-11(2)17(10-14(18)19-6)13-8-7-12(9-16-13)15(3,4)5/h7-9,11H,10H2,1-6H3. The Labute approximate surface area is 115 Å². The molecule has 1 heterocycles. The summed E-state index contributed by atoms with van der Waals surface area (Å²) in [5.41, 5.74) is 1.26. The maximum atomic E-state index is 11.4. The number of hydrogen-bond donors (Lipinski definition) is 0. The van der Waals surface area contributed by atoms with Crippen molar-refractivity contribution in [2.24, 2.45) is 0 Å². The van der Waals surface area contributed by atoms with Gasteiger partial charge in [0.2, 0.25) is 0 Å². The molecule has 0 aliphatic heterocycles.